The summed E-state index contributed by atoms with van der Waals surface area (Å²) in [6.45, 7) is 1.92. The molecule has 0 aliphatic heterocycles. The lowest BCUT2D eigenvalue weighted by molar-refractivity contribution is 0.112. The van der Waals surface area contributed by atoms with Gasteiger partial charge in [-0.25, -0.2) is 0 Å². The van der Waals surface area contributed by atoms with E-state index in [2.05, 4.69) is 10.0 Å². The van der Waals surface area contributed by atoms with Gasteiger partial charge in [-0.15, -0.1) is 0 Å². The van der Waals surface area contributed by atoms with Gasteiger partial charge >= 0.3 is 0 Å². The van der Waals surface area contributed by atoms with Crippen LogP contribution in [-0.4, -0.2) is 6.29 Å². The van der Waals surface area contributed by atoms with Crippen LogP contribution < -0.4 is 0 Å². The van der Waals surface area contributed by atoms with Crippen LogP contribution in [0.2, 0.25) is 0 Å². The number of benzene rings is 1. The molecule has 0 saturated carbocycles. The maximum atomic E-state index is 10.7. The Morgan fingerprint density at radius 1 is 1.57 bits per heavy atom. The number of azide groups is 1. The van der Waals surface area contributed by atoms with Crippen molar-refractivity contribution in [2.75, 3.05) is 0 Å². The van der Waals surface area contributed by atoms with Crippen LogP contribution in [0.25, 0.3) is 10.4 Å². The summed E-state index contributed by atoms with van der Waals surface area (Å²) >= 11 is 0. The lowest BCUT2D eigenvalue weighted by Gasteiger charge is -2.10. The fourth-order valence-electron chi connectivity index (χ4n) is 1.35. The van der Waals surface area contributed by atoms with Crippen LogP contribution in [0.3, 0.4) is 0 Å². The minimum atomic E-state index is -0.249. The van der Waals surface area contributed by atoms with E-state index in [0.29, 0.717) is 12.0 Å². The Bertz CT molecular complexity index is 369. The van der Waals surface area contributed by atoms with Gasteiger partial charge in [-0.05, 0) is 17.5 Å². The predicted octanol–water partition coefficient (Wildman–Crippen LogP) is 3.26. The Balaban J connectivity index is 3.14. The van der Waals surface area contributed by atoms with Gasteiger partial charge in [0.05, 0.1) is 6.04 Å². The van der Waals surface area contributed by atoms with E-state index in [1.54, 1.807) is 12.1 Å². The van der Waals surface area contributed by atoms with Crippen molar-refractivity contribution in [3.63, 3.8) is 0 Å². The third-order valence-electron chi connectivity index (χ3n) is 2.06. The molecule has 1 aromatic rings. The lowest BCUT2D eigenvalue weighted by Crippen LogP contribution is -1.97. The molecule has 4 heteroatoms. The number of nitrogens with zero attached hydrogens (tertiary/aromatic N) is 3. The summed E-state index contributed by atoms with van der Waals surface area (Å²) in [5.41, 5.74) is 9.75. The van der Waals surface area contributed by atoms with E-state index in [1.165, 1.54) is 0 Å². The number of carbonyl (C=O) groups excluding carboxylic acids is 1. The van der Waals surface area contributed by atoms with Crippen molar-refractivity contribution in [1.82, 2.24) is 0 Å². The second-order valence-electron chi connectivity index (χ2n) is 2.88. The van der Waals surface area contributed by atoms with Crippen LogP contribution in [-0.2, 0) is 0 Å². The summed E-state index contributed by atoms with van der Waals surface area (Å²) in [6.07, 6.45) is 1.47. The van der Waals surface area contributed by atoms with Gasteiger partial charge in [0.1, 0.15) is 6.29 Å². The molecule has 1 rings (SSSR count). The monoisotopic (exact) mass is 189 g/mol. The van der Waals surface area contributed by atoms with Crippen molar-refractivity contribution in [2.24, 2.45) is 5.11 Å². The van der Waals surface area contributed by atoms with Gasteiger partial charge in [-0.1, -0.05) is 36.3 Å². The van der Waals surface area contributed by atoms with E-state index in [1.807, 2.05) is 19.1 Å². The van der Waals surface area contributed by atoms with Crippen LogP contribution in [0.1, 0.15) is 35.3 Å². The number of hydrogen-bond acceptors (Lipinski definition) is 2. The quantitative estimate of drug-likeness (QED) is 0.310. The number of aldehydes is 1. The Morgan fingerprint density at radius 3 is 2.86 bits per heavy atom. The zero-order valence-corrected chi connectivity index (χ0v) is 7.92. The Kier molecular flexibility index (Phi) is 3.70. The van der Waals surface area contributed by atoms with E-state index in [4.69, 9.17) is 5.53 Å². The minimum absolute atomic E-state index is 0.249. The van der Waals surface area contributed by atoms with Crippen LogP contribution in [0.4, 0.5) is 0 Å². The second kappa shape index (κ2) is 5.04. The Hall–Kier alpha value is -1.80. The fourth-order valence-corrected chi connectivity index (χ4v) is 1.35. The normalized spacial score (nSPS) is 11.5. The molecular weight excluding hydrogens is 178 g/mol. The van der Waals surface area contributed by atoms with E-state index < -0.39 is 0 Å². The number of rotatable bonds is 4. The Morgan fingerprint density at radius 2 is 2.29 bits per heavy atom. The van der Waals surface area contributed by atoms with Crippen LogP contribution in [0.15, 0.2) is 29.4 Å². The fraction of sp³-hybridized carbons (Fsp3) is 0.300. The van der Waals surface area contributed by atoms with Crippen molar-refractivity contribution in [3.05, 3.63) is 45.8 Å². The highest BCUT2D eigenvalue weighted by atomic mass is 16.1. The molecule has 0 bridgehead atoms. The molecule has 0 N–H and O–H groups in total. The molecule has 0 radical (unpaired) electrons. The summed E-state index contributed by atoms with van der Waals surface area (Å²) in [7, 11) is 0. The smallest absolute Gasteiger partial charge is 0.150 e. The number of carbonyl (C=O) groups is 1. The third-order valence-corrected chi connectivity index (χ3v) is 2.06. The van der Waals surface area contributed by atoms with E-state index in [-0.39, 0.29) is 6.04 Å². The van der Waals surface area contributed by atoms with Crippen LogP contribution in [0.5, 0.6) is 0 Å². The number of hydrogen-bond donors (Lipinski definition) is 0. The van der Waals surface area contributed by atoms with Gasteiger partial charge in [0.15, 0.2) is 0 Å². The van der Waals surface area contributed by atoms with Crippen molar-refractivity contribution in [2.45, 2.75) is 19.4 Å². The molecular formula is C10H11N3O. The molecule has 1 unspecified atom stereocenters. The standard InChI is InChI=1S/C10H11N3O/c1-2-10(12-13-11)9-6-4-3-5-8(9)7-14/h3-7,10H,2H2,1H3. The first kappa shape index (κ1) is 10.3. The van der Waals surface area contributed by atoms with Gasteiger partial charge in [-0.3, -0.25) is 4.79 Å². The molecule has 0 aromatic heterocycles. The van der Waals surface area contributed by atoms with Gasteiger partial charge in [0.2, 0.25) is 0 Å². The molecule has 0 spiro atoms. The summed E-state index contributed by atoms with van der Waals surface area (Å²) in [5.74, 6) is 0. The van der Waals surface area contributed by atoms with Gasteiger partial charge in [-0.2, -0.15) is 0 Å². The van der Waals surface area contributed by atoms with E-state index >= 15 is 0 Å². The molecule has 0 aliphatic rings. The third kappa shape index (κ3) is 2.12. The van der Waals surface area contributed by atoms with Gasteiger partial charge in [0.25, 0.3) is 0 Å². The molecule has 0 heterocycles. The molecule has 4 nitrogen and oxygen atoms in total. The highest BCUT2D eigenvalue weighted by Crippen LogP contribution is 2.23. The highest BCUT2D eigenvalue weighted by molar-refractivity contribution is 5.77. The zero-order chi connectivity index (χ0) is 10.4. The second-order valence-corrected chi connectivity index (χ2v) is 2.88. The molecule has 14 heavy (non-hydrogen) atoms. The van der Waals surface area contributed by atoms with Gasteiger partial charge in [0, 0.05) is 10.5 Å². The molecule has 1 atom stereocenters. The molecule has 0 aliphatic carbocycles. The lowest BCUT2D eigenvalue weighted by atomic mass is 10.00. The maximum Gasteiger partial charge on any atom is 0.150 e. The van der Waals surface area contributed by atoms with Gasteiger partial charge < -0.3 is 0 Å². The average Bonchev–Trinajstić information content (AvgIpc) is 2.26. The molecule has 72 valence electrons. The summed E-state index contributed by atoms with van der Waals surface area (Å²) < 4.78 is 0. The summed E-state index contributed by atoms with van der Waals surface area (Å²) in [4.78, 5) is 13.5. The first-order valence-corrected chi connectivity index (χ1v) is 4.41. The average molecular weight is 189 g/mol. The molecule has 0 amide bonds. The zero-order valence-electron chi connectivity index (χ0n) is 7.92. The summed E-state index contributed by atoms with van der Waals surface area (Å²) in [6, 6.07) is 6.90. The highest BCUT2D eigenvalue weighted by Gasteiger charge is 2.10. The maximum absolute atomic E-state index is 10.7. The van der Waals surface area contributed by atoms with Crippen molar-refractivity contribution in [1.29, 1.82) is 0 Å². The predicted molar refractivity (Wildman–Crippen MR) is 54.0 cm³/mol. The van der Waals surface area contributed by atoms with E-state index in [0.717, 1.165) is 11.8 Å². The first-order valence-electron chi connectivity index (χ1n) is 4.41. The SMILES string of the molecule is CCC(N=[N+]=[N-])c1ccccc1C=O. The van der Waals surface area contributed by atoms with Crippen molar-refractivity contribution in [3.8, 4) is 0 Å². The van der Waals surface area contributed by atoms with Crippen molar-refractivity contribution >= 4 is 6.29 Å². The molecule has 0 saturated heterocycles. The largest absolute Gasteiger partial charge is 0.298 e. The minimum Gasteiger partial charge on any atom is -0.298 e. The van der Waals surface area contributed by atoms with Crippen LogP contribution in [0, 0.1) is 0 Å². The first-order chi connectivity index (χ1) is 6.83. The molecule has 0 fully saturated rings. The topological polar surface area (TPSA) is 65.8 Å². The Labute approximate surface area is 82.2 Å². The van der Waals surface area contributed by atoms with Crippen molar-refractivity contribution < 1.29 is 4.79 Å². The summed E-state index contributed by atoms with van der Waals surface area (Å²) in [5, 5.41) is 3.64. The molecule has 1 aromatic carbocycles. The van der Waals surface area contributed by atoms with Crippen LogP contribution >= 0.6 is 0 Å². The van der Waals surface area contributed by atoms with E-state index in [9.17, 15) is 4.79 Å².